The summed E-state index contributed by atoms with van der Waals surface area (Å²) in [4.78, 5) is 12.0. The van der Waals surface area contributed by atoms with E-state index in [4.69, 9.17) is 0 Å². The molecular weight excluding hydrogens is 288 g/mol. The molecule has 0 heterocycles. The molecule has 3 rings (SSSR count). The van der Waals surface area contributed by atoms with E-state index in [0.717, 1.165) is 44.1 Å². The normalized spacial score (nSPS) is 53.3. The molecule has 3 heteroatoms. The van der Waals surface area contributed by atoms with Crippen molar-refractivity contribution in [1.29, 1.82) is 0 Å². The Morgan fingerprint density at radius 3 is 2.39 bits per heavy atom. The lowest BCUT2D eigenvalue weighted by atomic mass is 9.39. The Morgan fingerprint density at radius 2 is 1.78 bits per heavy atom. The zero-order chi connectivity index (χ0) is 17.2. The smallest absolute Gasteiger partial charge is 0.309 e. The molecule has 7 atom stereocenters. The zero-order valence-corrected chi connectivity index (χ0v) is 15.1. The number of carboxylic acids is 1. The van der Waals surface area contributed by atoms with E-state index in [2.05, 4.69) is 27.4 Å². The average Bonchev–Trinajstić information content (AvgIpc) is 2.47. The van der Waals surface area contributed by atoms with E-state index in [1.165, 1.54) is 0 Å². The van der Waals surface area contributed by atoms with Gasteiger partial charge >= 0.3 is 5.97 Å². The molecule has 0 amide bonds. The van der Waals surface area contributed by atoms with Gasteiger partial charge < -0.3 is 10.2 Å². The minimum atomic E-state index is -0.633. The van der Waals surface area contributed by atoms with Gasteiger partial charge in [-0.25, -0.2) is 0 Å². The van der Waals surface area contributed by atoms with Crippen molar-refractivity contribution in [2.45, 2.75) is 72.3 Å². The fourth-order valence-corrected chi connectivity index (χ4v) is 6.68. The summed E-state index contributed by atoms with van der Waals surface area (Å²) in [5.74, 6) is 0.274. The fraction of sp³-hybridized carbons (Fsp3) is 0.850. The van der Waals surface area contributed by atoms with Gasteiger partial charge in [0, 0.05) is 5.41 Å². The standard InChI is InChI=1S/C20H32O3/c1-12-11-15-18(3)8-6-9-20(5,17(22)23)14(18)7-10-19(15,4)16(21)13(12)2/h12,14-16,21H,2,6-11H2,1,3-5H3,(H,22,23)/t12-,14-,15-,16+,18+,19-,20+/m0/s1. The SMILES string of the molecule is C=C1[C@@H](O)[C@@]2(C)CC[C@H]3[C@@](C)(CCC[C@@]3(C)C(=O)O)[C@@H]2C[C@@H]1C. The molecule has 3 fully saturated rings. The van der Waals surface area contributed by atoms with Gasteiger partial charge in [0.05, 0.1) is 11.5 Å². The third kappa shape index (κ3) is 2.08. The van der Waals surface area contributed by atoms with E-state index in [9.17, 15) is 15.0 Å². The lowest BCUT2D eigenvalue weighted by Crippen LogP contribution is -2.62. The Labute approximate surface area is 140 Å². The molecule has 2 N–H and O–H groups in total. The molecule has 3 aliphatic rings. The molecule has 0 aromatic heterocycles. The van der Waals surface area contributed by atoms with Crippen molar-refractivity contribution in [3.63, 3.8) is 0 Å². The van der Waals surface area contributed by atoms with Crippen LogP contribution in [-0.4, -0.2) is 22.3 Å². The molecule has 0 bridgehead atoms. The molecular formula is C20H32O3. The van der Waals surface area contributed by atoms with E-state index in [1.807, 2.05) is 6.92 Å². The molecule has 0 spiro atoms. The number of aliphatic hydroxyl groups is 1. The number of carboxylic acid groups (broad SMARTS) is 1. The Hall–Kier alpha value is -0.830. The van der Waals surface area contributed by atoms with Crippen LogP contribution in [0.2, 0.25) is 0 Å². The number of hydrogen-bond donors (Lipinski definition) is 2. The van der Waals surface area contributed by atoms with Crippen LogP contribution in [0.15, 0.2) is 12.2 Å². The van der Waals surface area contributed by atoms with Gasteiger partial charge in [0.1, 0.15) is 0 Å². The molecule has 130 valence electrons. The minimum absolute atomic E-state index is 0.00826. The Kier molecular flexibility index (Phi) is 3.76. The van der Waals surface area contributed by atoms with Crippen molar-refractivity contribution in [3.8, 4) is 0 Å². The van der Waals surface area contributed by atoms with Gasteiger partial charge in [-0.3, -0.25) is 4.79 Å². The highest BCUT2D eigenvalue weighted by atomic mass is 16.4. The number of hydrogen-bond acceptors (Lipinski definition) is 2. The van der Waals surface area contributed by atoms with Crippen LogP contribution < -0.4 is 0 Å². The lowest BCUT2D eigenvalue weighted by Gasteiger charge is -2.65. The van der Waals surface area contributed by atoms with E-state index < -0.39 is 17.5 Å². The van der Waals surface area contributed by atoms with Gasteiger partial charge in [-0.15, -0.1) is 0 Å². The van der Waals surface area contributed by atoms with E-state index in [1.54, 1.807) is 0 Å². The van der Waals surface area contributed by atoms with E-state index in [-0.39, 0.29) is 16.7 Å². The summed E-state index contributed by atoms with van der Waals surface area (Å²) in [6, 6.07) is 0. The van der Waals surface area contributed by atoms with Gasteiger partial charge in [0.15, 0.2) is 0 Å². The van der Waals surface area contributed by atoms with Gasteiger partial charge in [-0.2, -0.15) is 0 Å². The highest BCUT2D eigenvalue weighted by molar-refractivity contribution is 5.75. The molecule has 3 aliphatic carbocycles. The minimum Gasteiger partial charge on any atom is -0.481 e. The maximum absolute atomic E-state index is 12.0. The van der Waals surface area contributed by atoms with Crippen LogP contribution in [0.5, 0.6) is 0 Å². The third-order valence-electron chi connectivity index (χ3n) is 8.23. The van der Waals surface area contributed by atoms with Crippen molar-refractivity contribution in [2.24, 2.45) is 34.0 Å². The zero-order valence-electron chi connectivity index (χ0n) is 15.1. The Balaban J connectivity index is 2.05. The molecule has 0 unspecified atom stereocenters. The van der Waals surface area contributed by atoms with Crippen LogP contribution in [0.25, 0.3) is 0 Å². The van der Waals surface area contributed by atoms with Crippen molar-refractivity contribution in [3.05, 3.63) is 12.2 Å². The Morgan fingerprint density at radius 1 is 1.13 bits per heavy atom. The maximum atomic E-state index is 12.0. The van der Waals surface area contributed by atoms with Gasteiger partial charge in [0.2, 0.25) is 0 Å². The van der Waals surface area contributed by atoms with E-state index >= 15 is 0 Å². The highest BCUT2D eigenvalue weighted by Gasteiger charge is 2.64. The molecule has 0 aromatic carbocycles. The summed E-state index contributed by atoms with van der Waals surface area (Å²) in [6.07, 6.45) is 5.26. The fourth-order valence-electron chi connectivity index (χ4n) is 6.68. The second-order valence-electron chi connectivity index (χ2n) is 9.35. The Bertz CT molecular complexity index is 541. The van der Waals surface area contributed by atoms with Crippen LogP contribution in [0, 0.1) is 34.0 Å². The lowest BCUT2D eigenvalue weighted by molar-refractivity contribution is -0.193. The average molecular weight is 320 g/mol. The van der Waals surface area contributed by atoms with E-state index in [0.29, 0.717) is 11.8 Å². The summed E-state index contributed by atoms with van der Waals surface area (Å²) < 4.78 is 0. The maximum Gasteiger partial charge on any atom is 0.309 e. The number of aliphatic hydroxyl groups excluding tert-OH is 1. The second kappa shape index (κ2) is 5.08. The van der Waals surface area contributed by atoms with Crippen molar-refractivity contribution in [1.82, 2.24) is 0 Å². The first-order chi connectivity index (χ1) is 10.6. The number of aliphatic carboxylic acids is 1. The molecule has 0 saturated heterocycles. The molecule has 3 nitrogen and oxygen atoms in total. The van der Waals surface area contributed by atoms with Crippen molar-refractivity contribution >= 4 is 5.97 Å². The molecule has 0 aromatic rings. The predicted molar refractivity (Wildman–Crippen MR) is 90.9 cm³/mol. The molecule has 3 saturated carbocycles. The van der Waals surface area contributed by atoms with Crippen LogP contribution in [0.1, 0.15) is 66.2 Å². The van der Waals surface area contributed by atoms with Gasteiger partial charge in [-0.05, 0) is 67.8 Å². The second-order valence-corrected chi connectivity index (χ2v) is 9.35. The summed E-state index contributed by atoms with van der Waals surface area (Å²) in [6.45, 7) is 12.8. The predicted octanol–water partition coefficient (Wildman–Crippen LogP) is 4.26. The topological polar surface area (TPSA) is 57.5 Å². The summed E-state index contributed by atoms with van der Waals surface area (Å²) in [7, 11) is 0. The first kappa shape index (κ1) is 17.0. The van der Waals surface area contributed by atoms with Crippen molar-refractivity contribution < 1.29 is 15.0 Å². The van der Waals surface area contributed by atoms with Gasteiger partial charge in [0.25, 0.3) is 0 Å². The monoisotopic (exact) mass is 320 g/mol. The first-order valence-electron chi connectivity index (χ1n) is 9.17. The quantitative estimate of drug-likeness (QED) is 0.710. The van der Waals surface area contributed by atoms with Crippen molar-refractivity contribution in [2.75, 3.05) is 0 Å². The van der Waals surface area contributed by atoms with Crippen LogP contribution >= 0.6 is 0 Å². The first-order valence-corrected chi connectivity index (χ1v) is 9.17. The summed E-state index contributed by atoms with van der Waals surface area (Å²) in [5, 5.41) is 20.8. The number of fused-ring (bicyclic) bond motifs is 3. The molecule has 0 radical (unpaired) electrons. The number of rotatable bonds is 1. The number of carbonyl (C=O) groups is 1. The van der Waals surface area contributed by atoms with Crippen LogP contribution in [-0.2, 0) is 4.79 Å². The summed E-state index contributed by atoms with van der Waals surface area (Å²) in [5.41, 5.74) is 0.222. The summed E-state index contributed by atoms with van der Waals surface area (Å²) >= 11 is 0. The van der Waals surface area contributed by atoms with Crippen LogP contribution in [0.4, 0.5) is 0 Å². The molecule has 0 aliphatic heterocycles. The molecule has 23 heavy (non-hydrogen) atoms. The largest absolute Gasteiger partial charge is 0.481 e. The van der Waals surface area contributed by atoms with Gasteiger partial charge in [-0.1, -0.05) is 33.8 Å². The highest BCUT2D eigenvalue weighted by Crippen LogP contribution is 2.68. The third-order valence-corrected chi connectivity index (χ3v) is 8.23. The van der Waals surface area contributed by atoms with Crippen LogP contribution in [0.3, 0.4) is 0 Å².